The monoisotopic (exact) mass is 271 g/mol. The third-order valence-corrected chi connectivity index (χ3v) is 2.77. The number of aromatic nitrogens is 2. The zero-order valence-electron chi connectivity index (χ0n) is 11.6. The van der Waals surface area contributed by atoms with Crippen LogP contribution in [-0.4, -0.2) is 22.9 Å². The lowest BCUT2D eigenvalue weighted by molar-refractivity contribution is 0.340. The first-order valence-electron chi connectivity index (χ1n) is 6.47. The molecule has 104 valence electrons. The van der Waals surface area contributed by atoms with E-state index in [0.717, 1.165) is 11.4 Å². The Balaban J connectivity index is 2.39. The van der Waals surface area contributed by atoms with E-state index >= 15 is 0 Å². The molecule has 1 aromatic heterocycles. The van der Waals surface area contributed by atoms with Gasteiger partial charge in [0.1, 0.15) is 23.2 Å². The number of rotatable bonds is 5. The van der Waals surface area contributed by atoms with Crippen LogP contribution in [0.2, 0.25) is 0 Å². The molecule has 2 rings (SSSR count). The minimum atomic E-state index is 0.326. The number of hydrogen-bond donors (Lipinski definition) is 2. The van der Waals surface area contributed by atoms with Crippen LogP contribution >= 0.6 is 0 Å². The molecule has 0 aliphatic carbocycles. The number of nitrogens with two attached hydrogens (primary N) is 1. The van der Waals surface area contributed by atoms with Crippen molar-refractivity contribution < 1.29 is 4.74 Å². The summed E-state index contributed by atoms with van der Waals surface area (Å²) in [7, 11) is 0. The van der Waals surface area contributed by atoms with Crippen molar-refractivity contribution in [3.63, 3.8) is 0 Å². The molecule has 0 saturated heterocycles. The Hall–Kier alpha value is -2.68. The minimum absolute atomic E-state index is 0.326. The van der Waals surface area contributed by atoms with Crippen LogP contribution in [0.1, 0.15) is 19.4 Å². The Kier molecular flexibility index (Phi) is 4.11. The first kappa shape index (κ1) is 13.7. The molecule has 0 spiro atoms. The third-order valence-electron chi connectivity index (χ3n) is 2.77. The predicted molar refractivity (Wildman–Crippen MR) is 78.0 cm³/mol. The maximum absolute atomic E-state index is 9.16. The summed E-state index contributed by atoms with van der Waals surface area (Å²) in [5.74, 6) is 1.61. The molecule has 20 heavy (non-hydrogen) atoms. The number of nitrogen functional groups attached to an aromatic ring is 1. The highest BCUT2D eigenvalue weighted by molar-refractivity contribution is 5.66. The average Bonchev–Trinajstić information content (AvgIpc) is 2.77. The molecule has 0 amide bonds. The summed E-state index contributed by atoms with van der Waals surface area (Å²) >= 11 is 0. The molecule has 0 aliphatic heterocycles. The summed E-state index contributed by atoms with van der Waals surface area (Å²) in [6, 6.07) is 9.47. The molecule has 0 bridgehead atoms. The summed E-state index contributed by atoms with van der Waals surface area (Å²) in [5, 5.41) is 16.5. The molecular weight excluding hydrogens is 254 g/mol. The fourth-order valence-electron chi connectivity index (χ4n) is 1.88. The van der Waals surface area contributed by atoms with Gasteiger partial charge in [-0.15, -0.1) is 5.10 Å². The van der Waals surface area contributed by atoms with Crippen LogP contribution in [0.15, 0.2) is 24.3 Å². The highest BCUT2D eigenvalue weighted by Gasteiger charge is 2.15. The molecule has 0 unspecified atom stereocenters. The normalized spacial score (nSPS) is 10.1. The summed E-state index contributed by atoms with van der Waals surface area (Å²) in [4.78, 5) is 0. The largest absolute Gasteiger partial charge is 0.494 e. The second-order valence-electron chi connectivity index (χ2n) is 4.09. The van der Waals surface area contributed by atoms with E-state index < -0.39 is 0 Å². The van der Waals surface area contributed by atoms with Crippen molar-refractivity contribution in [2.24, 2.45) is 0 Å². The number of benzene rings is 1. The van der Waals surface area contributed by atoms with Crippen molar-refractivity contribution in [2.45, 2.75) is 13.8 Å². The highest BCUT2D eigenvalue weighted by atomic mass is 16.5. The molecular formula is C14H17N5O. The SMILES string of the molecule is CCNc1nn(-c2ccc(OCC)cc2)c(N)c1C#N. The van der Waals surface area contributed by atoms with Gasteiger partial charge in [0.25, 0.3) is 0 Å². The Labute approximate surface area is 117 Å². The zero-order valence-corrected chi connectivity index (χ0v) is 11.6. The lowest BCUT2D eigenvalue weighted by Gasteiger charge is -2.06. The van der Waals surface area contributed by atoms with Gasteiger partial charge < -0.3 is 15.8 Å². The lowest BCUT2D eigenvalue weighted by atomic mass is 10.3. The minimum Gasteiger partial charge on any atom is -0.494 e. The summed E-state index contributed by atoms with van der Waals surface area (Å²) in [5.41, 5.74) is 7.13. The van der Waals surface area contributed by atoms with Gasteiger partial charge in [-0.25, -0.2) is 4.68 Å². The summed E-state index contributed by atoms with van der Waals surface area (Å²) in [6.07, 6.45) is 0. The van der Waals surface area contributed by atoms with Gasteiger partial charge in [-0.05, 0) is 38.1 Å². The van der Waals surface area contributed by atoms with E-state index in [4.69, 9.17) is 15.7 Å². The van der Waals surface area contributed by atoms with Crippen molar-refractivity contribution in [1.29, 1.82) is 5.26 Å². The van der Waals surface area contributed by atoms with Gasteiger partial charge in [0.2, 0.25) is 0 Å². The second kappa shape index (κ2) is 5.97. The maximum atomic E-state index is 9.16. The van der Waals surface area contributed by atoms with E-state index in [1.165, 1.54) is 0 Å². The quantitative estimate of drug-likeness (QED) is 0.869. The Bertz CT molecular complexity index is 624. The van der Waals surface area contributed by atoms with Gasteiger partial charge in [-0.3, -0.25) is 0 Å². The molecule has 1 aromatic carbocycles. The van der Waals surface area contributed by atoms with Crippen LogP contribution in [0.25, 0.3) is 5.69 Å². The van der Waals surface area contributed by atoms with Crippen molar-refractivity contribution in [2.75, 3.05) is 24.2 Å². The molecule has 0 saturated carbocycles. The Morgan fingerprint density at radius 1 is 1.35 bits per heavy atom. The number of nitriles is 1. The van der Waals surface area contributed by atoms with Gasteiger partial charge in [0.05, 0.1) is 12.3 Å². The fraction of sp³-hybridized carbons (Fsp3) is 0.286. The molecule has 3 N–H and O–H groups in total. The van der Waals surface area contributed by atoms with E-state index in [9.17, 15) is 0 Å². The van der Waals surface area contributed by atoms with Crippen molar-refractivity contribution in [3.8, 4) is 17.5 Å². The number of anilines is 2. The van der Waals surface area contributed by atoms with E-state index in [1.54, 1.807) is 4.68 Å². The second-order valence-corrected chi connectivity index (χ2v) is 4.09. The topological polar surface area (TPSA) is 88.9 Å². The molecule has 2 aromatic rings. The maximum Gasteiger partial charge on any atom is 0.168 e. The number of nitrogens with one attached hydrogen (secondary N) is 1. The molecule has 6 heteroatoms. The molecule has 0 atom stereocenters. The van der Waals surface area contributed by atoms with Crippen LogP contribution in [0, 0.1) is 11.3 Å². The van der Waals surface area contributed by atoms with Crippen LogP contribution in [0.5, 0.6) is 5.75 Å². The van der Waals surface area contributed by atoms with Crippen molar-refractivity contribution in [3.05, 3.63) is 29.8 Å². The zero-order chi connectivity index (χ0) is 14.5. The van der Waals surface area contributed by atoms with Crippen LogP contribution < -0.4 is 15.8 Å². The first-order valence-corrected chi connectivity index (χ1v) is 6.47. The smallest absolute Gasteiger partial charge is 0.168 e. The molecule has 6 nitrogen and oxygen atoms in total. The van der Waals surface area contributed by atoms with E-state index in [0.29, 0.717) is 30.4 Å². The number of nitrogens with zero attached hydrogens (tertiary/aromatic N) is 3. The van der Waals surface area contributed by atoms with Crippen LogP contribution in [0.3, 0.4) is 0 Å². The third kappa shape index (κ3) is 2.52. The van der Waals surface area contributed by atoms with Crippen LogP contribution in [-0.2, 0) is 0 Å². The Morgan fingerprint density at radius 3 is 2.60 bits per heavy atom. The van der Waals surface area contributed by atoms with E-state index in [-0.39, 0.29) is 0 Å². The van der Waals surface area contributed by atoms with Gasteiger partial charge >= 0.3 is 0 Å². The highest BCUT2D eigenvalue weighted by Crippen LogP contribution is 2.25. The molecule has 1 heterocycles. The van der Waals surface area contributed by atoms with Gasteiger partial charge in [-0.1, -0.05) is 0 Å². The fourth-order valence-corrected chi connectivity index (χ4v) is 1.88. The van der Waals surface area contributed by atoms with Crippen LogP contribution in [0.4, 0.5) is 11.6 Å². The van der Waals surface area contributed by atoms with Crippen molar-refractivity contribution >= 4 is 11.6 Å². The average molecular weight is 271 g/mol. The standard InChI is InChI=1S/C14H17N5O/c1-3-17-14-12(9-15)13(16)19(18-14)10-5-7-11(8-6-10)20-4-2/h5-8H,3-4,16H2,1-2H3,(H,17,18). The first-order chi connectivity index (χ1) is 9.71. The number of hydrogen-bond acceptors (Lipinski definition) is 5. The van der Waals surface area contributed by atoms with Gasteiger partial charge in [-0.2, -0.15) is 5.26 Å². The van der Waals surface area contributed by atoms with Gasteiger partial charge in [0, 0.05) is 6.54 Å². The van der Waals surface area contributed by atoms with Crippen molar-refractivity contribution in [1.82, 2.24) is 9.78 Å². The Morgan fingerprint density at radius 2 is 2.05 bits per heavy atom. The van der Waals surface area contributed by atoms with Gasteiger partial charge in [0.15, 0.2) is 5.82 Å². The molecule has 0 radical (unpaired) electrons. The predicted octanol–water partition coefficient (Wildman–Crippen LogP) is 2.16. The summed E-state index contributed by atoms with van der Waals surface area (Å²) in [6.45, 7) is 5.16. The van der Waals surface area contributed by atoms with E-state index in [1.807, 2.05) is 38.1 Å². The number of ether oxygens (including phenoxy) is 1. The lowest BCUT2D eigenvalue weighted by Crippen LogP contribution is -2.03. The molecule has 0 fully saturated rings. The summed E-state index contributed by atoms with van der Waals surface area (Å²) < 4.78 is 6.94. The van der Waals surface area contributed by atoms with E-state index in [2.05, 4.69) is 16.5 Å². The molecule has 0 aliphatic rings.